The van der Waals surface area contributed by atoms with Crippen molar-refractivity contribution in [2.45, 2.75) is 49.4 Å². The first kappa shape index (κ1) is 63.4. The van der Waals surface area contributed by atoms with Crippen LogP contribution in [0, 0.1) is 0 Å². The fraction of sp³-hybridized carbons (Fsp3) is 0.190. The summed E-state index contributed by atoms with van der Waals surface area (Å²) in [6.45, 7) is 0. The minimum Gasteiger partial charge on any atom is -0.289 e. The van der Waals surface area contributed by atoms with E-state index in [4.69, 9.17) is 0 Å². The Balaban J connectivity index is 0.000000276. The summed E-state index contributed by atoms with van der Waals surface area (Å²) in [5.41, 5.74) is -29.3. The number of rotatable bonds is 7. The summed E-state index contributed by atoms with van der Waals surface area (Å²) in [4.78, 5) is 13.4. The van der Waals surface area contributed by atoms with Gasteiger partial charge in [-0.05, 0) is 109 Å². The van der Waals surface area contributed by atoms with Crippen molar-refractivity contribution in [1.82, 2.24) is 0 Å². The second-order valence-corrected chi connectivity index (χ2v) is 22.1. The highest BCUT2D eigenvalue weighted by Crippen LogP contribution is 2.42. The molecule has 0 aliphatic heterocycles. The van der Waals surface area contributed by atoms with Crippen LogP contribution in [0.4, 0.5) is 105 Å². The molecule has 0 radical (unpaired) electrons. The molecule has 0 fully saturated rings. The first-order chi connectivity index (χ1) is 38.9. The quantitative estimate of drug-likeness (QED) is 0.0511. The standard InChI is InChI=1S/C32H12BF24.C26H21OS/c34-25(35,36)13-1-14(26(37,38)39)6-21(5-13)33(22-7-15(27(40,41)42)2-16(8-22)28(43,44)45,23-9-17(29(46,47)48)3-18(10-23)30(49,50)51)24-11-19(31(52,53)54)4-20(12-24)32(55,56)57;1-28(2)16-25(27)26-23-14-19-9-5-3-7-17(19)11-21(23)13-22-12-18-8-4-6-10-20(18)15-24(22)26/h1-12H;3-15H,16H2,1-2H3/q-1;+1. The lowest BCUT2D eigenvalue weighted by Crippen LogP contribution is -2.75. The van der Waals surface area contributed by atoms with Crippen LogP contribution in [-0.2, 0) is 60.3 Å². The number of alkyl halides is 24. The number of fused-ring (bicyclic) bond motifs is 4. The molecule has 0 amide bonds. The second kappa shape index (κ2) is 21.7. The molecule has 9 rings (SSSR count). The zero-order valence-electron chi connectivity index (χ0n) is 42.6. The van der Waals surface area contributed by atoms with Crippen molar-refractivity contribution in [3.05, 3.63) is 202 Å². The van der Waals surface area contributed by atoms with E-state index in [1.165, 1.54) is 21.5 Å². The zero-order valence-corrected chi connectivity index (χ0v) is 43.4. The molecular formula is C58H33BF24OS. The molecule has 0 N–H and O–H groups in total. The molecule has 85 heavy (non-hydrogen) atoms. The van der Waals surface area contributed by atoms with Crippen LogP contribution in [0.5, 0.6) is 0 Å². The fourth-order valence-electron chi connectivity index (χ4n) is 10.2. The van der Waals surface area contributed by atoms with Gasteiger partial charge in [0.25, 0.3) is 0 Å². The molecule has 0 spiro atoms. The summed E-state index contributed by atoms with van der Waals surface area (Å²) in [7, 11) is 0.0642. The van der Waals surface area contributed by atoms with Crippen LogP contribution in [0.2, 0.25) is 0 Å². The Bertz CT molecular complexity index is 3520. The van der Waals surface area contributed by atoms with E-state index in [-0.39, 0.29) is 16.7 Å². The molecule has 0 heterocycles. The number of carbonyl (C=O) groups excluding carboxylic acids is 1. The van der Waals surface area contributed by atoms with Crippen molar-refractivity contribution in [1.29, 1.82) is 0 Å². The van der Waals surface area contributed by atoms with E-state index in [0.717, 1.165) is 27.1 Å². The second-order valence-electron chi connectivity index (χ2n) is 19.9. The van der Waals surface area contributed by atoms with Gasteiger partial charge in [0.2, 0.25) is 5.78 Å². The number of ketones is 1. The predicted octanol–water partition coefficient (Wildman–Crippen LogP) is 17.6. The Labute approximate surface area is 466 Å². The summed E-state index contributed by atoms with van der Waals surface area (Å²) in [5.74, 6) is 0.836. The van der Waals surface area contributed by atoms with Gasteiger partial charge >= 0.3 is 49.4 Å². The highest BCUT2D eigenvalue weighted by Gasteiger charge is 2.47. The molecule has 0 saturated carbocycles. The van der Waals surface area contributed by atoms with Gasteiger partial charge in [0.15, 0.2) is 5.75 Å². The first-order valence-corrected chi connectivity index (χ1v) is 26.3. The molecular weight excluding hydrogens is 1210 g/mol. The Kier molecular flexibility index (Phi) is 16.2. The Morgan fingerprint density at radius 1 is 0.306 bits per heavy atom. The maximum atomic E-state index is 14.2. The lowest BCUT2D eigenvalue weighted by molar-refractivity contribution is -0.144. The number of hydrogen-bond donors (Lipinski definition) is 0. The van der Waals surface area contributed by atoms with E-state index in [2.05, 4.69) is 91.4 Å². The number of hydrogen-bond acceptors (Lipinski definition) is 1. The molecule has 0 atom stereocenters. The number of Topliss-reactive ketones (excluding diaryl/α,β-unsaturated/α-hetero) is 1. The van der Waals surface area contributed by atoms with Crippen LogP contribution < -0.4 is 21.9 Å². The Hall–Kier alpha value is -7.58. The third-order valence-electron chi connectivity index (χ3n) is 13.8. The van der Waals surface area contributed by atoms with Crippen LogP contribution in [0.3, 0.4) is 0 Å². The van der Waals surface area contributed by atoms with Crippen LogP contribution in [-0.4, -0.2) is 30.2 Å². The van der Waals surface area contributed by atoms with Gasteiger partial charge in [0.1, 0.15) is 6.15 Å². The Morgan fingerprint density at radius 3 is 0.706 bits per heavy atom. The van der Waals surface area contributed by atoms with Gasteiger partial charge < -0.3 is 0 Å². The van der Waals surface area contributed by atoms with E-state index in [9.17, 15) is 110 Å². The molecule has 1 nitrogen and oxygen atoms in total. The maximum absolute atomic E-state index is 14.2. The van der Waals surface area contributed by atoms with E-state index in [0.29, 0.717) is 5.75 Å². The van der Waals surface area contributed by atoms with E-state index in [1.54, 1.807) is 0 Å². The van der Waals surface area contributed by atoms with Crippen molar-refractivity contribution < 1.29 is 110 Å². The minimum atomic E-state index is -6.13. The molecule has 0 aliphatic carbocycles. The molecule has 0 saturated heterocycles. The third kappa shape index (κ3) is 13.3. The normalized spacial score (nSPS) is 13.5. The SMILES string of the molecule is C[S+](C)CC(=O)c1c2cc3ccccc3cc2cc2cc3ccccc3cc12.FC(F)(F)c1cc([B-](c2cc(C(F)(F)F)cc(C(F)(F)F)c2)(c2cc(C(F)(F)F)cc(C(F)(F)F)c2)c2cc(C(F)(F)F)cc(C(F)(F)F)c2)cc(C(F)(F)F)c1. The van der Waals surface area contributed by atoms with Crippen molar-refractivity contribution in [3.8, 4) is 0 Å². The highest BCUT2D eigenvalue weighted by molar-refractivity contribution is 7.96. The average Bonchev–Trinajstić information content (AvgIpc) is 0.799. The largest absolute Gasteiger partial charge is 0.416 e. The summed E-state index contributed by atoms with van der Waals surface area (Å²) in [6.07, 6.45) is -50.5. The molecule has 448 valence electrons. The van der Waals surface area contributed by atoms with Gasteiger partial charge in [0, 0.05) is 5.56 Å². The molecule has 9 aromatic carbocycles. The lowest BCUT2D eigenvalue weighted by atomic mass is 9.12. The average molecular weight is 1240 g/mol. The molecule has 0 bridgehead atoms. The van der Waals surface area contributed by atoms with Gasteiger partial charge in [0.05, 0.1) is 57.0 Å². The monoisotopic (exact) mass is 1240 g/mol. The molecule has 0 aliphatic rings. The summed E-state index contributed by atoms with van der Waals surface area (Å²) < 4.78 is 341. The summed E-state index contributed by atoms with van der Waals surface area (Å²) in [5, 5.41) is 9.17. The van der Waals surface area contributed by atoms with Crippen LogP contribution in [0.25, 0.3) is 43.1 Å². The smallest absolute Gasteiger partial charge is 0.289 e. The first-order valence-electron chi connectivity index (χ1n) is 24.1. The van der Waals surface area contributed by atoms with Crippen molar-refractivity contribution in [2.75, 3.05) is 18.3 Å². The lowest BCUT2D eigenvalue weighted by Gasteiger charge is -2.46. The van der Waals surface area contributed by atoms with Gasteiger partial charge in [-0.3, -0.25) is 4.79 Å². The van der Waals surface area contributed by atoms with E-state index in [1.807, 2.05) is 0 Å². The summed E-state index contributed by atoms with van der Waals surface area (Å²) in [6, 6.07) is 19.0. The van der Waals surface area contributed by atoms with E-state index < -0.39 is 195 Å². The van der Waals surface area contributed by atoms with Crippen molar-refractivity contribution in [2.24, 2.45) is 0 Å². The van der Waals surface area contributed by atoms with Gasteiger partial charge in [-0.1, -0.05) is 97.1 Å². The zero-order chi connectivity index (χ0) is 63.2. The van der Waals surface area contributed by atoms with Crippen LogP contribution in [0.1, 0.15) is 54.9 Å². The molecule has 0 aromatic heterocycles. The van der Waals surface area contributed by atoms with E-state index >= 15 is 0 Å². The van der Waals surface area contributed by atoms with Crippen molar-refractivity contribution >= 4 is 87.8 Å². The van der Waals surface area contributed by atoms with Gasteiger partial charge in [-0.15, -0.1) is 0 Å². The predicted molar refractivity (Wildman–Crippen MR) is 275 cm³/mol. The number of carbonyl (C=O) groups is 1. The molecule has 0 unspecified atom stereocenters. The van der Waals surface area contributed by atoms with Gasteiger partial charge in [-0.25, -0.2) is 0 Å². The maximum Gasteiger partial charge on any atom is 0.416 e. The topological polar surface area (TPSA) is 17.1 Å². The van der Waals surface area contributed by atoms with Gasteiger partial charge in [-0.2, -0.15) is 127 Å². The number of halogens is 24. The van der Waals surface area contributed by atoms with Crippen LogP contribution >= 0.6 is 0 Å². The Morgan fingerprint density at radius 2 is 0.506 bits per heavy atom. The summed E-state index contributed by atoms with van der Waals surface area (Å²) >= 11 is 0. The van der Waals surface area contributed by atoms with Crippen LogP contribution in [0.15, 0.2) is 152 Å². The molecule has 27 heteroatoms. The fourth-order valence-corrected chi connectivity index (χ4v) is 10.9. The highest BCUT2D eigenvalue weighted by atomic mass is 32.2. The minimum absolute atomic E-state index is 0.0642. The molecule has 9 aromatic rings. The third-order valence-corrected chi connectivity index (χ3v) is 14.7. The van der Waals surface area contributed by atoms with Crippen molar-refractivity contribution in [3.63, 3.8) is 0 Å². The number of benzene rings is 9.